The van der Waals surface area contributed by atoms with Crippen LogP contribution in [0.4, 0.5) is 8.78 Å². The zero-order chi connectivity index (χ0) is 25.3. The van der Waals surface area contributed by atoms with E-state index in [4.69, 9.17) is 9.47 Å². The third-order valence-electron chi connectivity index (χ3n) is 10.3. The Morgan fingerprint density at radius 1 is 1.03 bits per heavy atom. The van der Waals surface area contributed by atoms with Crippen molar-refractivity contribution in [2.75, 3.05) is 7.11 Å². The second-order valence-electron chi connectivity index (χ2n) is 12.1. The maximum atomic E-state index is 15.8. The maximum Gasteiger partial charge on any atom is 0.305 e. The minimum atomic E-state index is -2.68. The fourth-order valence-electron chi connectivity index (χ4n) is 8.34. The van der Waals surface area contributed by atoms with Crippen LogP contribution in [0.5, 0.6) is 0 Å². The molecule has 0 aromatic heterocycles. The summed E-state index contributed by atoms with van der Waals surface area (Å²) < 4.78 is 41.8. The van der Waals surface area contributed by atoms with E-state index in [1.54, 1.807) is 6.92 Å². The number of carbonyl (C=O) groups excluding carboxylic acids is 2. The van der Waals surface area contributed by atoms with Crippen LogP contribution >= 0.6 is 0 Å². The molecule has 4 nitrogen and oxygen atoms in total. The van der Waals surface area contributed by atoms with Crippen LogP contribution in [0.2, 0.25) is 0 Å². The van der Waals surface area contributed by atoms with Gasteiger partial charge in [-0.3, -0.25) is 9.59 Å². The average molecular weight is 485 g/mol. The normalized spacial score (nSPS) is 39.2. The van der Waals surface area contributed by atoms with Gasteiger partial charge in [-0.25, -0.2) is 8.78 Å². The average Bonchev–Trinajstić information content (AvgIpc) is 3.14. The predicted molar refractivity (Wildman–Crippen MR) is 128 cm³/mol. The number of rotatable bonds is 8. The lowest BCUT2D eigenvalue weighted by Gasteiger charge is -2.57. The molecule has 0 aromatic carbocycles. The van der Waals surface area contributed by atoms with E-state index in [-0.39, 0.29) is 47.1 Å². The molecule has 0 radical (unpaired) electrons. The molecule has 3 aliphatic carbocycles. The van der Waals surface area contributed by atoms with E-state index in [0.717, 1.165) is 57.8 Å². The Kier molecular flexibility index (Phi) is 8.40. The monoisotopic (exact) mass is 484 g/mol. The van der Waals surface area contributed by atoms with E-state index < -0.39 is 11.8 Å². The van der Waals surface area contributed by atoms with E-state index in [1.807, 2.05) is 0 Å². The standard InChI is InChI=1S/C28H46F2O4/c1-7-28(29,30)25-22(26(4)15-12-20(13-16-26)34-19(3)31)14-17-27(5)21(9-10-23(25)27)18(2)8-11-24(32)33-6/h18,20-23,25H,7-17H2,1-6H3/t18-,20-,21?,22+,23+,25-,26+,27-/m1/s1. The number of carbonyl (C=O) groups is 2. The Bertz CT molecular complexity index is 730. The van der Waals surface area contributed by atoms with Gasteiger partial charge in [0.2, 0.25) is 0 Å². The number of ether oxygens (including phenoxy) is 2. The van der Waals surface area contributed by atoms with Crippen LogP contribution in [0.1, 0.15) is 105 Å². The summed E-state index contributed by atoms with van der Waals surface area (Å²) in [5, 5.41) is 0. The molecule has 1 unspecified atom stereocenters. The molecule has 0 amide bonds. The highest BCUT2D eigenvalue weighted by molar-refractivity contribution is 5.69. The molecular weight excluding hydrogens is 438 g/mol. The summed E-state index contributed by atoms with van der Waals surface area (Å²) in [5.74, 6) is -3.06. The molecule has 0 heterocycles. The second kappa shape index (κ2) is 10.4. The topological polar surface area (TPSA) is 52.6 Å². The van der Waals surface area contributed by atoms with Gasteiger partial charge in [0.25, 0.3) is 5.92 Å². The molecule has 0 bridgehead atoms. The SMILES string of the molecule is CCC(F)(F)[C@H]1[C@@H]2CCC([C@H](C)CCC(=O)OC)[C@@]2(C)CC[C@@H]1[C@]1(C)CC[C@H](OC(C)=O)CC1. The number of fused-ring (bicyclic) bond motifs is 1. The van der Waals surface area contributed by atoms with Gasteiger partial charge in [-0.05, 0) is 92.3 Å². The molecule has 196 valence electrons. The zero-order valence-electron chi connectivity index (χ0n) is 22.1. The number of hydrogen-bond donors (Lipinski definition) is 0. The van der Waals surface area contributed by atoms with Gasteiger partial charge in [0, 0.05) is 25.7 Å². The first-order chi connectivity index (χ1) is 15.9. The summed E-state index contributed by atoms with van der Waals surface area (Å²) in [6.45, 7) is 9.75. The van der Waals surface area contributed by atoms with Crippen LogP contribution in [0, 0.1) is 40.4 Å². The highest BCUT2D eigenvalue weighted by atomic mass is 19.3. The van der Waals surface area contributed by atoms with E-state index >= 15 is 8.78 Å². The van der Waals surface area contributed by atoms with Gasteiger partial charge in [0.15, 0.2) is 0 Å². The molecule has 0 aliphatic heterocycles. The van der Waals surface area contributed by atoms with Crippen molar-refractivity contribution in [1.29, 1.82) is 0 Å². The molecule has 6 atom stereocenters. The first-order valence-electron chi connectivity index (χ1n) is 13.5. The molecule has 0 saturated heterocycles. The maximum absolute atomic E-state index is 15.8. The Morgan fingerprint density at radius 2 is 1.68 bits per heavy atom. The molecule has 0 spiro atoms. The largest absolute Gasteiger partial charge is 0.469 e. The Morgan fingerprint density at radius 3 is 2.24 bits per heavy atom. The minimum Gasteiger partial charge on any atom is -0.469 e. The fraction of sp³-hybridized carbons (Fsp3) is 0.929. The molecule has 0 aromatic rings. The summed E-state index contributed by atoms with van der Waals surface area (Å²) >= 11 is 0. The van der Waals surface area contributed by atoms with E-state index in [2.05, 4.69) is 20.8 Å². The minimum absolute atomic E-state index is 0.00907. The lowest BCUT2D eigenvalue weighted by molar-refractivity contribution is -0.181. The van der Waals surface area contributed by atoms with Crippen molar-refractivity contribution in [3.05, 3.63) is 0 Å². The van der Waals surface area contributed by atoms with Crippen LogP contribution in [0.3, 0.4) is 0 Å². The van der Waals surface area contributed by atoms with Gasteiger partial charge in [0.05, 0.1) is 7.11 Å². The third kappa shape index (κ3) is 5.31. The number of methoxy groups -OCH3 is 1. The molecule has 3 aliphatic rings. The summed E-state index contributed by atoms with van der Waals surface area (Å²) in [4.78, 5) is 23.1. The van der Waals surface area contributed by atoms with Crippen LogP contribution in [-0.2, 0) is 19.1 Å². The Balaban J connectivity index is 1.81. The van der Waals surface area contributed by atoms with Crippen molar-refractivity contribution in [3.8, 4) is 0 Å². The third-order valence-corrected chi connectivity index (χ3v) is 10.3. The first-order valence-corrected chi connectivity index (χ1v) is 13.5. The van der Waals surface area contributed by atoms with Gasteiger partial charge in [0.1, 0.15) is 6.10 Å². The van der Waals surface area contributed by atoms with Gasteiger partial charge >= 0.3 is 11.9 Å². The molecule has 34 heavy (non-hydrogen) atoms. The lowest BCUT2D eigenvalue weighted by Crippen LogP contribution is -2.54. The van der Waals surface area contributed by atoms with Crippen molar-refractivity contribution < 1.29 is 27.8 Å². The van der Waals surface area contributed by atoms with Crippen molar-refractivity contribution in [2.24, 2.45) is 40.4 Å². The number of hydrogen-bond acceptors (Lipinski definition) is 4. The number of halogens is 2. The second-order valence-corrected chi connectivity index (χ2v) is 12.1. The van der Waals surface area contributed by atoms with E-state index in [0.29, 0.717) is 18.3 Å². The van der Waals surface area contributed by atoms with Crippen LogP contribution < -0.4 is 0 Å². The van der Waals surface area contributed by atoms with Gasteiger partial charge in [-0.1, -0.05) is 27.7 Å². The van der Waals surface area contributed by atoms with Gasteiger partial charge in [-0.15, -0.1) is 0 Å². The molecule has 3 fully saturated rings. The van der Waals surface area contributed by atoms with Crippen molar-refractivity contribution >= 4 is 11.9 Å². The molecule has 6 heteroatoms. The first kappa shape index (κ1) is 27.4. The summed E-state index contributed by atoms with van der Waals surface area (Å²) in [7, 11) is 1.42. The zero-order valence-corrected chi connectivity index (χ0v) is 22.1. The summed E-state index contributed by atoms with van der Waals surface area (Å²) in [6.07, 6.45) is 7.83. The van der Waals surface area contributed by atoms with E-state index in [9.17, 15) is 9.59 Å². The van der Waals surface area contributed by atoms with Crippen LogP contribution in [0.25, 0.3) is 0 Å². The fourth-order valence-corrected chi connectivity index (χ4v) is 8.34. The highest BCUT2D eigenvalue weighted by Gasteiger charge is 2.63. The molecule has 3 saturated carbocycles. The van der Waals surface area contributed by atoms with Gasteiger partial charge in [-0.2, -0.15) is 0 Å². The lowest BCUT2D eigenvalue weighted by atomic mass is 9.49. The number of esters is 2. The van der Waals surface area contributed by atoms with E-state index in [1.165, 1.54) is 14.0 Å². The predicted octanol–water partition coefficient (Wildman–Crippen LogP) is 7.19. The summed E-state index contributed by atoms with van der Waals surface area (Å²) in [6, 6.07) is 0. The molecule has 0 N–H and O–H groups in total. The molecular formula is C28H46F2O4. The van der Waals surface area contributed by atoms with Gasteiger partial charge < -0.3 is 9.47 Å². The Hall–Kier alpha value is -1.20. The van der Waals surface area contributed by atoms with Crippen LogP contribution in [0.15, 0.2) is 0 Å². The number of alkyl halides is 2. The van der Waals surface area contributed by atoms with Crippen molar-refractivity contribution in [3.63, 3.8) is 0 Å². The Labute approximate surface area is 204 Å². The van der Waals surface area contributed by atoms with Crippen LogP contribution in [-0.4, -0.2) is 31.1 Å². The van der Waals surface area contributed by atoms with Crippen molar-refractivity contribution in [2.45, 2.75) is 117 Å². The highest BCUT2D eigenvalue weighted by Crippen LogP contribution is 2.67. The quantitative estimate of drug-likeness (QED) is 0.342. The summed E-state index contributed by atoms with van der Waals surface area (Å²) in [5.41, 5.74) is -0.254. The molecule has 3 rings (SSSR count). The smallest absolute Gasteiger partial charge is 0.305 e. The van der Waals surface area contributed by atoms with Crippen molar-refractivity contribution in [1.82, 2.24) is 0 Å².